The van der Waals surface area contributed by atoms with Gasteiger partial charge in [-0.05, 0) is 43.4 Å². The normalized spacial score (nSPS) is 20.5. The molecule has 2 fully saturated rings. The Kier molecular flexibility index (Phi) is 6.00. The van der Waals surface area contributed by atoms with Crippen LogP contribution in [0, 0.1) is 0 Å². The molecule has 22 heavy (non-hydrogen) atoms. The fraction of sp³-hybridized carbons (Fsp3) is 0.588. The molecule has 0 bridgehead atoms. The lowest BCUT2D eigenvalue weighted by Crippen LogP contribution is -2.37. The van der Waals surface area contributed by atoms with Crippen molar-refractivity contribution in [1.82, 2.24) is 4.90 Å². The van der Waals surface area contributed by atoms with E-state index >= 15 is 0 Å². The summed E-state index contributed by atoms with van der Waals surface area (Å²) in [5.74, 6) is 0.692. The molecule has 0 saturated heterocycles. The molecule has 0 aromatic heterocycles. The molecule has 0 amide bonds. The standard InChI is InChI=1S/C17H24ClN3.HI/c1-21(15-8-9-15)16(19)20-12-17(10-2-3-11-17)13-4-6-14(18)7-5-13;/h4-7,15H,2-3,8-12H2,1H3,(H2,19,20);1H. The van der Waals surface area contributed by atoms with E-state index in [0.29, 0.717) is 12.0 Å². The van der Waals surface area contributed by atoms with Gasteiger partial charge in [-0.25, -0.2) is 0 Å². The Bertz CT molecular complexity index is 519. The number of rotatable bonds is 4. The van der Waals surface area contributed by atoms with E-state index in [1.54, 1.807) is 0 Å². The van der Waals surface area contributed by atoms with Crippen molar-refractivity contribution in [2.45, 2.75) is 50.0 Å². The molecule has 2 N–H and O–H groups in total. The molecular weight excluding hydrogens is 409 g/mol. The van der Waals surface area contributed by atoms with E-state index in [2.05, 4.69) is 24.1 Å². The lowest BCUT2D eigenvalue weighted by atomic mass is 9.79. The molecule has 0 unspecified atom stereocenters. The number of hydrogen-bond acceptors (Lipinski definition) is 1. The van der Waals surface area contributed by atoms with Crippen LogP contribution in [-0.2, 0) is 5.41 Å². The van der Waals surface area contributed by atoms with Gasteiger partial charge >= 0.3 is 0 Å². The maximum absolute atomic E-state index is 6.15. The van der Waals surface area contributed by atoms with Crippen molar-refractivity contribution in [3.05, 3.63) is 34.9 Å². The second-order valence-corrected chi connectivity index (χ2v) is 6.95. The van der Waals surface area contributed by atoms with E-state index in [1.165, 1.54) is 44.1 Å². The molecule has 2 saturated carbocycles. The summed E-state index contributed by atoms with van der Waals surface area (Å²) in [4.78, 5) is 6.86. The molecule has 3 nitrogen and oxygen atoms in total. The van der Waals surface area contributed by atoms with Gasteiger partial charge in [0.15, 0.2) is 5.96 Å². The molecule has 0 heterocycles. The number of nitrogens with two attached hydrogens (primary N) is 1. The average Bonchev–Trinajstić information content (AvgIpc) is 3.23. The van der Waals surface area contributed by atoms with Gasteiger partial charge in [0.25, 0.3) is 0 Å². The molecule has 0 atom stereocenters. The SMILES string of the molecule is CN(C(N)=NCC1(c2ccc(Cl)cc2)CCCC1)C1CC1.I. The van der Waals surface area contributed by atoms with E-state index in [9.17, 15) is 0 Å². The van der Waals surface area contributed by atoms with Gasteiger partial charge in [0.05, 0.1) is 6.54 Å². The molecule has 2 aliphatic rings. The van der Waals surface area contributed by atoms with E-state index in [1.807, 2.05) is 12.1 Å². The van der Waals surface area contributed by atoms with Crippen LogP contribution in [0.5, 0.6) is 0 Å². The summed E-state index contributed by atoms with van der Waals surface area (Å²) in [6.07, 6.45) is 7.42. The van der Waals surface area contributed by atoms with Crippen molar-refractivity contribution < 1.29 is 0 Å². The van der Waals surface area contributed by atoms with Crippen molar-refractivity contribution in [3.63, 3.8) is 0 Å². The van der Waals surface area contributed by atoms with Crippen LogP contribution in [0.1, 0.15) is 44.1 Å². The maximum Gasteiger partial charge on any atom is 0.191 e. The van der Waals surface area contributed by atoms with Crippen molar-refractivity contribution in [2.75, 3.05) is 13.6 Å². The van der Waals surface area contributed by atoms with E-state index in [-0.39, 0.29) is 29.4 Å². The molecule has 3 rings (SSSR count). The monoisotopic (exact) mass is 433 g/mol. The predicted molar refractivity (Wildman–Crippen MR) is 104 cm³/mol. The van der Waals surface area contributed by atoms with Gasteiger partial charge in [-0.1, -0.05) is 36.6 Å². The number of aliphatic imine (C=N–C) groups is 1. The number of benzene rings is 1. The predicted octanol–water partition coefficient (Wildman–Crippen LogP) is 4.18. The highest BCUT2D eigenvalue weighted by molar-refractivity contribution is 14.0. The zero-order chi connectivity index (χ0) is 14.9. The van der Waals surface area contributed by atoms with Gasteiger partial charge in [-0.3, -0.25) is 4.99 Å². The third-order valence-electron chi connectivity index (χ3n) is 5.02. The second kappa shape index (κ2) is 7.39. The molecule has 1 aromatic carbocycles. The molecule has 0 radical (unpaired) electrons. The maximum atomic E-state index is 6.15. The van der Waals surface area contributed by atoms with Crippen LogP contribution in [0.25, 0.3) is 0 Å². The Morgan fingerprint density at radius 2 is 1.86 bits per heavy atom. The Balaban J connectivity index is 0.00000176. The largest absolute Gasteiger partial charge is 0.370 e. The highest BCUT2D eigenvalue weighted by atomic mass is 127. The highest BCUT2D eigenvalue weighted by Crippen LogP contribution is 2.41. The number of hydrogen-bond donors (Lipinski definition) is 1. The Morgan fingerprint density at radius 1 is 1.27 bits per heavy atom. The van der Waals surface area contributed by atoms with Crippen LogP contribution in [0.4, 0.5) is 0 Å². The lowest BCUT2D eigenvalue weighted by Gasteiger charge is -2.29. The summed E-state index contributed by atoms with van der Waals surface area (Å²) in [6.45, 7) is 0.789. The summed E-state index contributed by atoms with van der Waals surface area (Å²) < 4.78 is 0. The first-order valence-corrected chi connectivity index (χ1v) is 8.27. The van der Waals surface area contributed by atoms with Gasteiger partial charge in [0.1, 0.15) is 0 Å². The minimum atomic E-state index is 0. The molecular formula is C17H25ClIN3. The molecule has 2 aliphatic carbocycles. The van der Waals surface area contributed by atoms with E-state index in [4.69, 9.17) is 22.3 Å². The fourth-order valence-electron chi connectivity index (χ4n) is 3.39. The fourth-order valence-corrected chi connectivity index (χ4v) is 3.51. The Labute approximate surface area is 155 Å². The Hall–Kier alpha value is -0.490. The average molecular weight is 434 g/mol. The van der Waals surface area contributed by atoms with Gasteiger partial charge in [0, 0.05) is 23.5 Å². The van der Waals surface area contributed by atoms with Crippen LogP contribution in [0.3, 0.4) is 0 Å². The summed E-state index contributed by atoms with van der Waals surface area (Å²) in [7, 11) is 2.06. The van der Waals surface area contributed by atoms with E-state index in [0.717, 1.165) is 11.6 Å². The van der Waals surface area contributed by atoms with Crippen LogP contribution >= 0.6 is 35.6 Å². The molecule has 0 spiro atoms. The van der Waals surface area contributed by atoms with Gasteiger partial charge in [0.2, 0.25) is 0 Å². The van der Waals surface area contributed by atoms with Crippen LogP contribution < -0.4 is 5.73 Å². The van der Waals surface area contributed by atoms with Crippen LogP contribution in [0.15, 0.2) is 29.3 Å². The van der Waals surface area contributed by atoms with E-state index < -0.39 is 0 Å². The zero-order valence-corrected chi connectivity index (χ0v) is 16.2. The van der Waals surface area contributed by atoms with Crippen molar-refractivity contribution in [1.29, 1.82) is 0 Å². The summed E-state index contributed by atoms with van der Waals surface area (Å²) in [5, 5.41) is 0.795. The number of guanidine groups is 1. The van der Waals surface area contributed by atoms with Crippen molar-refractivity contribution >= 4 is 41.5 Å². The number of nitrogens with zero attached hydrogens (tertiary/aromatic N) is 2. The first-order chi connectivity index (χ1) is 10.1. The van der Waals surface area contributed by atoms with Crippen LogP contribution in [-0.4, -0.2) is 30.5 Å². The third-order valence-corrected chi connectivity index (χ3v) is 5.27. The van der Waals surface area contributed by atoms with Gasteiger partial charge < -0.3 is 10.6 Å². The zero-order valence-electron chi connectivity index (χ0n) is 13.1. The first kappa shape index (κ1) is 17.9. The third kappa shape index (κ3) is 3.88. The number of halogens is 2. The highest BCUT2D eigenvalue weighted by Gasteiger charge is 2.36. The van der Waals surface area contributed by atoms with Crippen molar-refractivity contribution in [3.8, 4) is 0 Å². The second-order valence-electron chi connectivity index (χ2n) is 6.51. The van der Waals surface area contributed by atoms with Crippen molar-refractivity contribution in [2.24, 2.45) is 10.7 Å². The molecule has 122 valence electrons. The smallest absolute Gasteiger partial charge is 0.191 e. The Morgan fingerprint density at radius 3 is 2.41 bits per heavy atom. The minimum Gasteiger partial charge on any atom is -0.370 e. The summed E-state index contributed by atoms with van der Waals surface area (Å²) in [5.41, 5.74) is 7.66. The lowest BCUT2D eigenvalue weighted by molar-refractivity contribution is 0.441. The topological polar surface area (TPSA) is 41.6 Å². The van der Waals surface area contributed by atoms with Crippen LogP contribution in [0.2, 0.25) is 5.02 Å². The summed E-state index contributed by atoms with van der Waals surface area (Å²) >= 11 is 6.02. The summed E-state index contributed by atoms with van der Waals surface area (Å²) in [6, 6.07) is 8.90. The van der Waals surface area contributed by atoms with Gasteiger partial charge in [-0.15, -0.1) is 24.0 Å². The molecule has 1 aromatic rings. The first-order valence-electron chi connectivity index (χ1n) is 7.90. The minimum absolute atomic E-state index is 0. The van der Waals surface area contributed by atoms with Gasteiger partial charge in [-0.2, -0.15) is 0 Å². The molecule has 0 aliphatic heterocycles. The molecule has 5 heteroatoms. The quantitative estimate of drug-likeness (QED) is 0.440.